The Balaban J connectivity index is 1.16. The first-order chi connectivity index (χ1) is 20.6. The first-order valence-corrected chi connectivity index (χ1v) is 15.6. The number of amides is 2. The SMILES string of the molecule is Cc1c(Cl)sc(C(=O)N2CC[C@@H](C(=O)N3CCC(O)(Cn4cnc5c(ccn5C)c4=O)CC3)[C@H](c3ccccc3)C2)c1F. The van der Waals surface area contributed by atoms with Gasteiger partial charge in [-0.15, -0.1) is 11.3 Å². The number of benzene rings is 1. The molecule has 12 heteroatoms. The van der Waals surface area contributed by atoms with Gasteiger partial charge in [-0.2, -0.15) is 0 Å². The molecule has 5 heterocycles. The Kier molecular flexibility index (Phi) is 7.91. The average Bonchev–Trinajstić information content (AvgIpc) is 3.52. The molecule has 2 aliphatic rings. The first-order valence-electron chi connectivity index (χ1n) is 14.4. The Morgan fingerprint density at radius 1 is 1.14 bits per heavy atom. The van der Waals surface area contributed by atoms with Crippen LogP contribution in [0.4, 0.5) is 4.39 Å². The molecule has 6 rings (SSSR count). The number of hydrogen-bond donors (Lipinski definition) is 1. The summed E-state index contributed by atoms with van der Waals surface area (Å²) in [4.78, 5) is 48.1. The number of nitrogens with zero attached hydrogens (tertiary/aromatic N) is 5. The maximum Gasteiger partial charge on any atom is 0.267 e. The third-order valence-electron chi connectivity index (χ3n) is 8.98. The van der Waals surface area contributed by atoms with Gasteiger partial charge < -0.3 is 19.5 Å². The lowest BCUT2D eigenvalue weighted by molar-refractivity contribution is -0.142. The summed E-state index contributed by atoms with van der Waals surface area (Å²) < 4.78 is 18.2. The fourth-order valence-electron chi connectivity index (χ4n) is 6.36. The van der Waals surface area contributed by atoms with Crippen LogP contribution in [0.5, 0.6) is 0 Å². The third-order valence-corrected chi connectivity index (χ3v) is 10.5. The Morgan fingerprint density at radius 3 is 2.53 bits per heavy atom. The van der Waals surface area contributed by atoms with E-state index < -0.39 is 17.3 Å². The van der Waals surface area contributed by atoms with Crippen LogP contribution in [-0.4, -0.2) is 72.6 Å². The highest BCUT2D eigenvalue weighted by Gasteiger charge is 2.42. The zero-order chi connectivity index (χ0) is 30.5. The minimum atomic E-state index is -1.15. The van der Waals surface area contributed by atoms with Gasteiger partial charge in [-0.25, -0.2) is 9.37 Å². The van der Waals surface area contributed by atoms with Crippen LogP contribution in [0.15, 0.2) is 53.7 Å². The molecular weight excluding hydrogens is 593 g/mol. The Hall–Kier alpha value is -3.54. The zero-order valence-corrected chi connectivity index (χ0v) is 25.6. The molecule has 3 aromatic heterocycles. The van der Waals surface area contributed by atoms with Crippen molar-refractivity contribution < 1.29 is 19.1 Å². The molecule has 2 saturated heterocycles. The topological polar surface area (TPSA) is 101 Å². The van der Waals surface area contributed by atoms with Crippen molar-refractivity contribution in [1.29, 1.82) is 0 Å². The molecule has 0 bridgehead atoms. The molecule has 4 aromatic rings. The molecule has 1 aromatic carbocycles. The molecule has 0 aliphatic carbocycles. The number of aromatic nitrogens is 3. The van der Waals surface area contributed by atoms with Crippen molar-refractivity contribution in [2.75, 3.05) is 26.2 Å². The average molecular weight is 626 g/mol. The summed E-state index contributed by atoms with van der Waals surface area (Å²) in [6.07, 6.45) is 4.33. The van der Waals surface area contributed by atoms with Crippen LogP contribution in [0, 0.1) is 18.7 Å². The van der Waals surface area contributed by atoms with E-state index in [0.29, 0.717) is 49.9 Å². The lowest BCUT2D eigenvalue weighted by atomic mass is 9.79. The fourth-order valence-corrected chi connectivity index (χ4v) is 7.56. The monoisotopic (exact) mass is 625 g/mol. The number of likely N-dealkylation sites (tertiary alicyclic amines) is 2. The largest absolute Gasteiger partial charge is 0.388 e. The van der Waals surface area contributed by atoms with Crippen molar-refractivity contribution in [3.05, 3.63) is 85.4 Å². The van der Waals surface area contributed by atoms with Crippen molar-refractivity contribution >= 4 is 45.8 Å². The van der Waals surface area contributed by atoms with Crippen LogP contribution in [0.3, 0.4) is 0 Å². The standard InChI is InChI=1S/C31H33ClFN5O4S/c1-19-24(33)25(43-26(19)32)30(41)37-13-9-21(23(16-37)20-6-4-3-5-7-20)28(39)36-14-10-31(42,11-15-36)17-38-18-34-27-22(29(38)40)8-12-35(27)2/h3-8,12,18,21,23,42H,9-11,13-17H2,1-2H3/t21-,23+/m1/s1. The number of hydrogen-bond acceptors (Lipinski definition) is 6. The molecule has 0 spiro atoms. The summed E-state index contributed by atoms with van der Waals surface area (Å²) >= 11 is 7.06. The summed E-state index contributed by atoms with van der Waals surface area (Å²) in [7, 11) is 1.82. The smallest absolute Gasteiger partial charge is 0.267 e. The third kappa shape index (κ3) is 5.49. The quantitative estimate of drug-likeness (QED) is 0.358. The van der Waals surface area contributed by atoms with Crippen molar-refractivity contribution in [3.63, 3.8) is 0 Å². The molecule has 0 saturated carbocycles. The van der Waals surface area contributed by atoms with Gasteiger partial charge in [0.15, 0.2) is 5.82 Å². The number of carbonyl (C=O) groups is 2. The maximum absolute atomic E-state index is 14.8. The number of aliphatic hydroxyl groups is 1. The number of rotatable bonds is 5. The second-order valence-corrected chi connectivity index (χ2v) is 13.3. The van der Waals surface area contributed by atoms with Gasteiger partial charge in [-0.3, -0.25) is 19.0 Å². The molecule has 9 nitrogen and oxygen atoms in total. The predicted molar refractivity (Wildman–Crippen MR) is 163 cm³/mol. The molecule has 1 N–H and O–H groups in total. The molecule has 2 atom stereocenters. The van der Waals surface area contributed by atoms with Gasteiger partial charge in [0.2, 0.25) is 5.91 Å². The fraction of sp³-hybridized carbons (Fsp3) is 0.419. The zero-order valence-electron chi connectivity index (χ0n) is 24.0. The van der Waals surface area contributed by atoms with Gasteiger partial charge in [0.25, 0.3) is 11.5 Å². The van der Waals surface area contributed by atoms with Gasteiger partial charge >= 0.3 is 0 Å². The van der Waals surface area contributed by atoms with E-state index in [4.69, 9.17) is 11.6 Å². The summed E-state index contributed by atoms with van der Waals surface area (Å²) in [5, 5.41) is 11.9. The summed E-state index contributed by atoms with van der Waals surface area (Å²) in [5.41, 5.74) is 0.449. The molecule has 226 valence electrons. The van der Waals surface area contributed by atoms with E-state index >= 15 is 0 Å². The van der Waals surface area contributed by atoms with Crippen molar-refractivity contribution in [2.45, 2.75) is 44.2 Å². The van der Waals surface area contributed by atoms with E-state index in [1.54, 1.807) is 33.6 Å². The number of thiophene rings is 1. The lowest BCUT2D eigenvalue weighted by Crippen LogP contribution is -2.53. The van der Waals surface area contributed by atoms with E-state index in [-0.39, 0.29) is 51.2 Å². The van der Waals surface area contributed by atoms with Crippen molar-refractivity contribution in [3.8, 4) is 0 Å². The van der Waals surface area contributed by atoms with Crippen molar-refractivity contribution in [2.24, 2.45) is 13.0 Å². The normalized spacial score (nSPS) is 20.5. The second kappa shape index (κ2) is 11.5. The number of fused-ring (bicyclic) bond motifs is 1. The minimum absolute atomic E-state index is 0.00451. The van der Waals surface area contributed by atoms with Crippen LogP contribution in [0.25, 0.3) is 11.0 Å². The summed E-state index contributed by atoms with van der Waals surface area (Å²) in [5.74, 6) is -1.66. The van der Waals surface area contributed by atoms with Crippen LogP contribution in [-0.2, 0) is 18.4 Å². The van der Waals surface area contributed by atoms with Gasteiger partial charge in [-0.1, -0.05) is 41.9 Å². The summed E-state index contributed by atoms with van der Waals surface area (Å²) in [6, 6.07) is 11.3. The van der Waals surface area contributed by atoms with Crippen molar-refractivity contribution in [1.82, 2.24) is 23.9 Å². The van der Waals surface area contributed by atoms with Gasteiger partial charge in [-0.05, 0) is 37.8 Å². The number of piperidine rings is 2. The van der Waals surface area contributed by atoms with Gasteiger partial charge in [0, 0.05) is 56.8 Å². The van der Waals surface area contributed by atoms with Gasteiger partial charge in [0.05, 0.1) is 21.9 Å². The number of carbonyl (C=O) groups excluding carboxylic acids is 2. The highest BCUT2D eigenvalue weighted by molar-refractivity contribution is 7.18. The number of halogens is 2. The second-order valence-electron chi connectivity index (χ2n) is 11.7. The highest BCUT2D eigenvalue weighted by atomic mass is 35.5. The summed E-state index contributed by atoms with van der Waals surface area (Å²) in [6.45, 7) is 2.96. The predicted octanol–water partition coefficient (Wildman–Crippen LogP) is 4.20. The molecule has 2 amide bonds. The molecule has 0 unspecified atom stereocenters. The van der Waals surface area contributed by atoms with Crippen LogP contribution in [0.2, 0.25) is 4.34 Å². The molecular formula is C31H33ClFN5O4S. The van der Waals surface area contributed by atoms with Crippen LogP contribution in [0.1, 0.15) is 46.0 Å². The van der Waals surface area contributed by atoms with Gasteiger partial charge in [0.1, 0.15) is 16.9 Å². The van der Waals surface area contributed by atoms with Crippen LogP contribution >= 0.6 is 22.9 Å². The molecule has 43 heavy (non-hydrogen) atoms. The Morgan fingerprint density at radius 2 is 1.86 bits per heavy atom. The van der Waals surface area contributed by atoms with Crippen LogP contribution < -0.4 is 5.56 Å². The molecule has 2 fully saturated rings. The van der Waals surface area contributed by atoms with E-state index in [9.17, 15) is 23.9 Å². The maximum atomic E-state index is 14.8. The van der Waals surface area contributed by atoms with E-state index in [2.05, 4.69) is 4.98 Å². The van der Waals surface area contributed by atoms with E-state index in [1.807, 2.05) is 37.4 Å². The van der Waals surface area contributed by atoms with E-state index in [1.165, 1.54) is 10.9 Å². The Bertz CT molecular complexity index is 1740. The first kappa shape index (κ1) is 29.5. The highest BCUT2D eigenvalue weighted by Crippen LogP contribution is 2.38. The Labute approximate surface area is 257 Å². The van der Waals surface area contributed by atoms with E-state index in [0.717, 1.165) is 16.9 Å². The number of aryl methyl sites for hydroxylation is 1. The minimum Gasteiger partial charge on any atom is -0.388 e. The lowest BCUT2D eigenvalue weighted by Gasteiger charge is -2.43. The molecule has 2 aliphatic heterocycles. The molecule has 0 radical (unpaired) electrons.